The zero-order valence-electron chi connectivity index (χ0n) is 19.2. The first-order valence-electron chi connectivity index (χ1n) is 10.9. The third kappa shape index (κ3) is 8.28. The van der Waals surface area contributed by atoms with Gasteiger partial charge in [0.25, 0.3) is 0 Å². The highest BCUT2D eigenvalue weighted by Crippen LogP contribution is 2.23. The minimum atomic E-state index is 0. The van der Waals surface area contributed by atoms with Gasteiger partial charge in [-0.05, 0) is 47.1 Å². The van der Waals surface area contributed by atoms with E-state index in [1.807, 2.05) is 23.1 Å². The van der Waals surface area contributed by atoms with E-state index in [4.69, 9.17) is 11.6 Å². The average Bonchev–Trinajstić information content (AvgIpc) is 3.12. The van der Waals surface area contributed by atoms with Crippen molar-refractivity contribution >= 4 is 47.4 Å². The Morgan fingerprint density at radius 3 is 2.50 bits per heavy atom. The Hall–Kier alpha value is -1.80. The van der Waals surface area contributed by atoms with Crippen LogP contribution < -0.4 is 10.6 Å². The first-order chi connectivity index (χ1) is 14.8. The van der Waals surface area contributed by atoms with Gasteiger partial charge in [0.2, 0.25) is 5.91 Å². The van der Waals surface area contributed by atoms with Crippen LogP contribution in [0, 0.1) is 5.41 Å². The number of amides is 1. The number of benzene rings is 2. The Kier molecular flexibility index (Phi) is 10.3. The maximum Gasteiger partial charge on any atom is 0.222 e. The van der Waals surface area contributed by atoms with Gasteiger partial charge in [0.1, 0.15) is 0 Å². The lowest BCUT2D eigenvalue weighted by molar-refractivity contribution is -0.128. The number of rotatable bonds is 8. The normalized spacial score (nSPS) is 14.3. The van der Waals surface area contributed by atoms with Crippen LogP contribution in [0.5, 0.6) is 0 Å². The van der Waals surface area contributed by atoms with Gasteiger partial charge in [0.15, 0.2) is 5.96 Å². The Bertz CT molecular complexity index is 932. The summed E-state index contributed by atoms with van der Waals surface area (Å²) in [5.74, 6) is 1.04. The molecule has 0 aliphatic carbocycles. The first-order valence-corrected chi connectivity index (χ1v) is 11.3. The molecule has 1 saturated heterocycles. The summed E-state index contributed by atoms with van der Waals surface area (Å²) in [4.78, 5) is 18.2. The molecule has 0 spiro atoms. The molecule has 32 heavy (non-hydrogen) atoms. The third-order valence-electron chi connectivity index (χ3n) is 5.53. The monoisotopic (exact) mass is 568 g/mol. The predicted molar refractivity (Wildman–Crippen MR) is 144 cm³/mol. The summed E-state index contributed by atoms with van der Waals surface area (Å²) in [5.41, 5.74) is 3.62. The van der Waals surface area contributed by atoms with Crippen LogP contribution in [-0.2, 0) is 24.3 Å². The van der Waals surface area contributed by atoms with Crippen molar-refractivity contribution in [3.63, 3.8) is 0 Å². The molecule has 3 rings (SSSR count). The predicted octanol–water partition coefficient (Wildman–Crippen LogP) is 5.01. The van der Waals surface area contributed by atoms with E-state index in [1.165, 1.54) is 16.7 Å². The van der Waals surface area contributed by atoms with Crippen LogP contribution in [0.2, 0.25) is 5.02 Å². The number of nitrogens with zero attached hydrogens (tertiary/aromatic N) is 2. The zero-order chi connectivity index (χ0) is 22.3. The molecule has 0 unspecified atom stereocenters. The zero-order valence-corrected chi connectivity index (χ0v) is 22.2. The van der Waals surface area contributed by atoms with Crippen molar-refractivity contribution in [2.45, 2.75) is 46.2 Å². The highest BCUT2D eigenvalue weighted by atomic mass is 127. The van der Waals surface area contributed by atoms with Crippen LogP contribution >= 0.6 is 35.6 Å². The summed E-state index contributed by atoms with van der Waals surface area (Å²) >= 11 is 6.12. The van der Waals surface area contributed by atoms with Gasteiger partial charge < -0.3 is 15.5 Å². The molecule has 0 saturated carbocycles. The van der Waals surface area contributed by atoms with Gasteiger partial charge >= 0.3 is 0 Å². The lowest BCUT2D eigenvalue weighted by atomic mass is 9.86. The summed E-state index contributed by atoms with van der Waals surface area (Å²) in [6.07, 6.45) is 2.57. The number of likely N-dealkylation sites (tertiary alicyclic amines) is 1. The topological polar surface area (TPSA) is 56.7 Å². The minimum absolute atomic E-state index is 0. The molecule has 1 aliphatic heterocycles. The fourth-order valence-electron chi connectivity index (χ4n) is 3.92. The molecular weight excluding hydrogens is 535 g/mol. The molecule has 2 aromatic rings. The van der Waals surface area contributed by atoms with Gasteiger partial charge in [0.05, 0.1) is 0 Å². The maximum absolute atomic E-state index is 11.9. The second-order valence-corrected chi connectivity index (χ2v) is 9.43. The van der Waals surface area contributed by atoms with E-state index in [0.717, 1.165) is 36.9 Å². The van der Waals surface area contributed by atoms with Gasteiger partial charge in [-0.1, -0.05) is 61.8 Å². The molecule has 2 aromatic carbocycles. The smallest absolute Gasteiger partial charge is 0.222 e. The number of carbonyl (C=O) groups excluding carboxylic acids is 1. The largest absolute Gasteiger partial charge is 0.356 e. The summed E-state index contributed by atoms with van der Waals surface area (Å²) < 4.78 is 0. The summed E-state index contributed by atoms with van der Waals surface area (Å²) in [7, 11) is 1.79. The van der Waals surface area contributed by atoms with Crippen LogP contribution in [0.1, 0.15) is 43.4 Å². The highest BCUT2D eigenvalue weighted by molar-refractivity contribution is 14.0. The molecule has 1 heterocycles. The van der Waals surface area contributed by atoms with Gasteiger partial charge in [-0.15, -0.1) is 24.0 Å². The maximum atomic E-state index is 11.9. The number of hydrogen-bond acceptors (Lipinski definition) is 2. The van der Waals surface area contributed by atoms with Gasteiger partial charge in [0, 0.05) is 44.7 Å². The van der Waals surface area contributed by atoms with Gasteiger partial charge in [-0.2, -0.15) is 0 Å². The van der Waals surface area contributed by atoms with Crippen LogP contribution in [0.25, 0.3) is 0 Å². The van der Waals surface area contributed by atoms with Crippen molar-refractivity contribution in [2.24, 2.45) is 10.4 Å². The van der Waals surface area contributed by atoms with Crippen molar-refractivity contribution in [1.29, 1.82) is 0 Å². The van der Waals surface area contributed by atoms with E-state index in [9.17, 15) is 4.79 Å². The van der Waals surface area contributed by atoms with Crippen LogP contribution in [-0.4, -0.2) is 36.9 Å². The molecule has 1 amide bonds. The molecule has 174 valence electrons. The molecule has 5 nitrogen and oxygen atoms in total. The fourth-order valence-corrected chi connectivity index (χ4v) is 4.13. The number of halogens is 2. The van der Waals surface area contributed by atoms with E-state index in [-0.39, 0.29) is 35.3 Å². The number of guanidine groups is 1. The van der Waals surface area contributed by atoms with Crippen molar-refractivity contribution < 1.29 is 4.79 Å². The van der Waals surface area contributed by atoms with E-state index >= 15 is 0 Å². The van der Waals surface area contributed by atoms with Crippen molar-refractivity contribution in [3.8, 4) is 0 Å². The van der Waals surface area contributed by atoms with Crippen LogP contribution in [0.3, 0.4) is 0 Å². The van der Waals surface area contributed by atoms with Gasteiger partial charge in [-0.25, -0.2) is 0 Å². The highest BCUT2D eigenvalue weighted by Gasteiger charge is 2.20. The minimum Gasteiger partial charge on any atom is -0.356 e. The Morgan fingerprint density at radius 1 is 1.09 bits per heavy atom. The molecular formula is C25H34ClIN4O. The Labute approximate surface area is 214 Å². The van der Waals surface area contributed by atoms with Crippen molar-refractivity contribution in [3.05, 3.63) is 70.2 Å². The van der Waals surface area contributed by atoms with E-state index in [2.05, 4.69) is 59.8 Å². The molecule has 1 aliphatic rings. The molecule has 1 fully saturated rings. The fraction of sp³-hybridized carbons (Fsp3) is 0.440. The Morgan fingerprint density at radius 2 is 1.81 bits per heavy atom. The number of hydrogen-bond donors (Lipinski definition) is 2. The van der Waals surface area contributed by atoms with Crippen molar-refractivity contribution in [1.82, 2.24) is 15.5 Å². The standard InChI is InChI=1S/C25H33ClN4O.HI/c1-25(2,15-19-7-5-10-22(26)14-19)18-29-24(27-3)28-16-20-8-4-9-21(13-20)17-30-12-6-11-23(30)31;/h4-5,7-10,13-14H,6,11-12,15-18H2,1-3H3,(H2,27,28,29);1H. The van der Waals surface area contributed by atoms with E-state index < -0.39 is 0 Å². The second-order valence-electron chi connectivity index (χ2n) is 8.99. The van der Waals surface area contributed by atoms with Crippen molar-refractivity contribution in [2.75, 3.05) is 20.1 Å². The molecule has 0 atom stereocenters. The molecule has 2 N–H and O–H groups in total. The second kappa shape index (κ2) is 12.4. The first kappa shape index (κ1) is 26.5. The quantitative estimate of drug-likeness (QED) is 0.267. The lowest BCUT2D eigenvalue weighted by Gasteiger charge is -2.26. The van der Waals surface area contributed by atoms with Gasteiger partial charge in [-0.3, -0.25) is 9.79 Å². The lowest BCUT2D eigenvalue weighted by Crippen LogP contribution is -2.42. The summed E-state index contributed by atoms with van der Waals surface area (Å²) in [6, 6.07) is 16.4. The van der Waals surface area contributed by atoms with Crippen LogP contribution in [0.4, 0.5) is 0 Å². The number of carbonyl (C=O) groups is 1. The molecule has 0 radical (unpaired) electrons. The molecule has 7 heteroatoms. The molecule has 0 aromatic heterocycles. The van der Waals surface area contributed by atoms with Crippen LogP contribution in [0.15, 0.2) is 53.5 Å². The summed E-state index contributed by atoms with van der Waals surface area (Å²) in [5, 5.41) is 7.62. The number of aliphatic imine (C=N–C) groups is 1. The Balaban J connectivity index is 0.00000363. The average molecular weight is 569 g/mol. The third-order valence-corrected chi connectivity index (χ3v) is 5.76. The number of nitrogens with one attached hydrogen (secondary N) is 2. The molecule has 0 bridgehead atoms. The summed E-state index contributed by atoms with van der Waals surface area (Å²) in [6.45, 7) is 7.49. The SMILES string of the molecule is CN=C(NCc1cccc(CN2CCCC2=O)c1)NCC(C)(C)Cc1cccc(Cl)c1.I. The van der Waals surface area contributed by atoms with E-state index in [0.29, 0.717) is 19.5 Å². The van der Waals surface area contributed by atoms with E-state index in [1.54, 1.807) is 7.05 Å².